The molecule has 0 unspecified atom stereocenters. The predicted molar refractivity (Wildman–Crippen MR) is 76.6 cm³/mol. The highest BCUT2D eigenvalue weighted by Crippen LogP contribution is 2.17. The minimum Gasteiger partial charge on any atom is -0.478 e. The molecule has 1 aromatic rings. The van der Waals surface area contributed by atoms with Crippen LogP contribution in [0, 0.1) is 6.92 Å². The lowest BCUT2D eigenvalue weighted by Gasteiger charge is -2.26. The van der Waals surface area contributed by atoms with Gasteiger partial charge in [-0.1, -0.05) is 0 Å². The van der Waals surface area contributed by atoms with Crippen LogP contribution in [0.2, 0.25) is 0 Å². The van der Waals surface area contributed by atoms with Crippen molar-refractivity contribution in [1.29, 1.82) is 0 Å². The van der Waals surface area contributed by atoms with E-state index < -0.39 is 16.8 Å². The molecule has 0 atom stereocenters. The van der Waals surface area contributed by atoms with Gasteiger partial charge in [0.05, 0.1) is 5.56 Å². The molecule has 6 nitrogen and oxygen atoms in total. The van der Waals surface area contributed by atoms with Crippen molar-refractivity contribution in [3.8, 4) is 0 Å². The van der Waals surface area contributed by atoms with Crippen molar-refractivity contribution in [2.45, 2.75) is 6.92 Å². The third kappa shape index (κ3) is 3.36. The van der Waals surface area contributed by atoms with Crippen LogP contribution in [-0.2, 0) is 10.8 Å². The molecule has 2 rings (SSSR count). The topological polar surface area (TPSA) is 86.7 Å². The molecule has 1 aliphatic heterocycles. The van der Waals surface area contributed by atoms with E-state index in [1.807, 2.05) is 0 Å². The summed E-state index contributed by atoms with van der Waals surface area (Å²) in [4.78, 5) is 24.5. The molecule has 108 valence electrons. The molecule has 0 radical (unpaired) electrons. The predicted octanol–water partition coefficient (Wildman–Crippen LogP) is 1.29. The lowest BCUT2D eigenvalue weighted by atomic mass is 10.1. The fourth-order valence-electron chi connectivity index (χ4n) is 1.97. The standard InChI is InChI=1S/C13H16N2O4S/c1-9-8-10(12(16)17)2-3-11(9)14-13(18)15-4-6-20(19)7-5-15/h2-3,8H,4-7H2,1H3,(H,14,18)(H,16,17). The fourth-order valence-corrected chi connectivity index (χ4v) is 3.02. The second-order valence-corrected chi connectivity index (χ2v) is 6.30. The molecule has 7 heteroatoms. The second-order valence-electron chi connectivity index (χ2n) is 4.60. The molecule has 0 aliphatic carbocycles. The molecule has 0 aromatic heterocycles. The van der Waals surface area contributed by atoms with Gasteiger partial charge in [0.25, 0.3) is 0 Å². The number of hydrogen-bond donors (Lipinski definition) is 2. The number of aromatic carboxylic acids is 1. The van der Waals surface area contributed by atoms with Crippen molar-refractivity contribution < 1.29 is 18.9 Å². The first-order valence-corrected chi connectivity index (χ1v) is 7.71. The van der Waals surface area contributed by atoms with Gasteiger partial charge in [0.2, 0.25) is 0 Å². The maximum Gasteiger partial charge on any atom is 0.335 e. The summed E-state index contributed by atoms with van der Waals surface area (Å²) in [7, 11) is -0.824. The highest BCUT2D eigenvalue weighted by atomic mass is 32.2. The van der Waals surface area contributed by atoms with Crippen molar-refractivity contribution in [3.05, 3.63) is 29.3 Å². The van der Waals surface area contributed by atoms with Gasteiger partial charge in [-0.3, -0.25) is 4.21 Å². The van der Waals surface area contributed by atoms with E-state index in [1.54, 1.807) is 17.9 Å². The Morgan fingerprint density at radius 3 is 2.50 bits per heavy atom. The largest absolute Gasteiger partial charge is 0.478 e. The fraction of sp³-hybridized carbons (Fsp3) is 0.385. The molecule has 0 saturated carbocycles. The number of hydrogen-bond acceptors (Lipinski definition) is 3. The number of amides is 2. The highest BCUT2D eigenvalue weighted by molar-refractivity contribution is 7.85. The number of rotatable bonds is 2. The van der Waals surface area contributed by atoms with Gasteiger partial charge in [-0.2, -0.15) is 0 Å². The molecule has 1 aromatic carbocycles. The summed E-state index contributed by atoms with van der Waals surface area (Å²) in [5, 5.41) is 11.6. The molecule has 0 spiro atoms. The average molecular weight is 296 g/mol. The van der Waals surface area contributed by atoms with Crippen LogP contribution in [0.3, 0.4) is 0 Å². The third-order valence-corrected chi connectivity index (χ3v) is 4.46. The Bertz CT molecular complexity index is 563. The van der Waals surface area contributed by atoms with E-state index in [1.165, 1.54) is 12.1 Å². The van der Waals surface area contributed by atoms with Gasteiger partial charge in [0, 0.05) is 41.1 Å². The number of nitrogens with zero attached hydrogens (tertiary/aromatic N) is 1. The van der Waals surface area contributed by atoms with Crippen molar-refractivity contribution in [3.63, 3.8) is 0 Å². The van der Waals surface area contributed by atoms with Gasteiger partial charge in [0.15, 0.2) is 0 Å². The van der Waals surface area contributed by atoms with Crippen LogP contribution in [-0.4, -0.2) is 50.8 Å². The average Bonchev–Trinajstić information content (AvgIpc) is 2.41. The van der Waals surface area contributed by atoms with Gasteiger partial charge < -0.3 is 15.3 Å². The molecule has 1 fully saturated rings. The van der Waals surface area contributed by atoms with Crippen LogP contribution >= 0.6 is 0 Å². The van der Waals surface area contributed by atoms with Crippen LogP contribution in [0.4, 0.5) is 10.5 Å². The summed E-state index contributed by atoms with van der Waals surface area (Å²) in [6.45, 7) is 2.70. The zero-order valence-electron chi connectivity index (χ0n) is 11.1. The van der Waals surface area contributed by atoms with E-state index in [2.05, 4.69) is 5.32 Å². The number of carbonyl (C=O) groups is 2. The van der Waals surface area contributed by atoms with Gasteiger partial charge in [-0.05, 0) is 30.7 Å². The van der Waals surface area contributed by atoms with Crippen molar-refractivity contribution in [1.82, 2.24) is 4.90 Å². The van der Waals surface area contributed by atoms with Crippen LogP contribution < -0.4 is 5.32 Å². The normalized spacial score (nSPS) is 15.9. The maximum absolute atomic E-state index is 12.0. The van der Waals surface area contributed by atoms with Crippen molar-refractivity contribution in [2.75, 3.05) is 29.9 Å². The molecule has 2 N–H and O–H groups in total. The van der Waals surface area contributed by atoms with E-state index in [9.17, 15) is 13.8 Å². The minimum absolute atomic E-state index is 0.189. The SMILES string of the molecule is Cc1cc(C(=O)O)ccc1NC(=O)N1CCS(=O)CC1. The quantitative estimate of drug-likeness (QED) is 0.861. The van der Waals surface area contributed by atoms with E-state index in [0.29, 0.717) is 35.8 Å². The molecule has 1 saturated heterocycles. The Kier molecular flexibility index (Phi) is 4.39. The van der Waals surface area contributed by atoms with Crippen LogP contribution in [0.5, 0.6) is 0 Å². The van der Waals surface area contributed by atoms with Crippen molar-refractivity contribution >= 4 is 28.5 Å². The second kappa shape index (κ2) is 6.04. The minimum atomic E-state index is -0.996. The van der Waals surface area contributed by atoms with Gasteiger partial charge in [-0.15, -0.1) is 0 Å². The van der Waals surface area contributed by atoms with Crippen LogP contribution in [0.1, 0.15) is 15.9 Å². The van der Waals surface area contributed by atoms with Gasteiger partial charge in [0.1, 0.15) is 0 Å². The van der Waals surface area contributed by atoms with E-state index >= 15 is 0 Å². The molecule has 2 amide bonds. The molecule has 20 heavy (non-hydrogen) atoms. The number of aryl methyl sites for hydroxylation is 1. The lowest BCUT2D eigenvalue weighted by molar-refractivity contribution is 0.0697. The van der Waals surface area contributed by atoms with Crippen LogP contribution in [0.15, 0.2) is 18.2 Å². The Hall–Kier alpha value is -1.89. The Balaban J connectivity index is 2.04. The Morgan fingerprint density at radius 2 is 1.95 bits per heavy atom. The van der Waals surface area contributed by atoms with E-state index in [4.69, 9.17) is 5.11 Å². The lowest BCUT2D eigenvalue weighted by Crippen LogP contribution is -2.44. The number of carboxylic acids is 1. The van der Waals surface area contributed by atoms with Crippen molar-refractivity contribution in [2.24, 2.45) is 0 Å². The number of anilines is 1. The zero-order valence-corrected chi connectivity index (χ0v) is 11.9. The summed E-state index contributed by atoms with van der Waals surface area (Å²) < 4.78 is 11.2. The third-order valence-electron chi connectivity index (χ3n) is 3.18. The maximum atomic E-state index is 12.0. The van der Waals surface area contributed by atoms with Gasteiger partial charge in [-0.25, -0.2) is 9.59 Å². The highest BCUT2D eigenvalue weighted by Gasteiger charge is 2.20. The summed E-state index contributed by atoms with van der Waals surface area (Å²) in [6.07, 6.45) is 0. The Labute approximate surface area is 119 Å². The molecular formula is C13H16N2O4S. The number of nitrogens with one attached hydrogen (secondary N) is 1. The number of benzene rings is 1. The van der Waals surface area contributed by atoms with E-state index in [0.717, 1.165) is 0 Å². The molecular weight excluding hydrogens is 280 g/mol. The smallest absolute Gasteiger partial charge is 0.335 e. The summed E-state index contributed by atoms with van der Waals surface area (Å²) >= 11 is 0. The first-order valence-electron chi connectivity index (χ1n) is 6.22. The molecule has 1 aliphatic rings. The summed E-state index contributed by atoms with van der Waals surface area (Å²) in [6, 6.07) is 4.31. The Morgan fingerprint density at radius 1 is 1.30 bits per heavy atom. The van der Waals surface area contributed by atoms with Crippen LogP contribution in [0.25, 0.3) is 0 Å². The van der Waals surface area contributed by atoms with E-state index in [-0.39, 0.29) is 11.6 Å². The number of urea groups is 1. The summed E-state index contributed by atoms with van der Waals surface area (Å²) in [5.74, 6) is 0.0128. The first kappa shape index (κ1) is 14.5. The zero-order chi connectivity index (χ0) is 14.7. The number of carboxylic acid groups (broad SMARTS) is 1. The first-order chi connectivity index (χ1) is 9.47. The number of carbonyl (C=O) groups excluding carboxylic acids is 1. The molecule has 0 bridgehead atoms. The molecule has 1 heterocycles. The van der Waals surface area contributed by atoms with Gasteiger partial charge >= 0.3 is 12.0 Å². The summed E-state index contributed by atoms with van der Waals surface area (Å²) in [5.41, 5.74) is 1.47. The monoisotopic (exact) mass is 296 g/mol.